The molecule has 3 fully saturated rings. The van der Waals surface area contributed by atoms with Crippen LogP contribution in [0.4, 0.5) is 4.79 Å². The average molecular weight is 197 g/mol. The van der Waals surface area contributed by atoms with Crippen LogP contribution >= 0.6 is 0 Å². The molecule has 1 saturated carbocycles. The summed E-state index contributed by atoms with van der Waals surface area (Å²) in [7, 11) is 1.46. The first-order valence-corrected chi connectivity index (χ1v) is 5.26. The molecular weight excluding hydrogens is 182 g/mol. The molecule has 2 aliphatic heterocycles. The predicted octanol–water partition coefficient (Wildman–Crippen LogP) is 1.15. The lowest BCUT2D eigenvalue weighted by Gasteiger charge is -2.34. The Morgan fingerprint density at radius 3 is 2.86 bits per heavy atom. The van der Waals surface area contributed by atoms with E-state index in [4.69, 9.17) is 9.47 Å². The molecule has 0 aromatic carbocycles. The van der Waals surface area contributed by atoms with Gasteiger partial charge in [-0.15, -0.1) is 0 Å². The number of carbonyl (C=O) groups excluding carboxylic acids is 1. The van der Waals surface area contributed by atoms with Gasteiger partial charge in [-0.3, -0.25) is 0 Å². The maximum atomic E-state index is 11.6. The molecule has 1 amide bonds. The molecule has 1 aliphatic carbocycles. The quantitative estimate of drug-likeness (QED) is 0.547. The maximum Gasteiger partial charge on any atom is 0.409 e. The number of carbonyl (C=O) groups is 1. The van der Waals surface area contributed by atoms with Crippen molar-refractivity contribution in [2.45, 2.75) is 43.4 Å². The van der Waals surface area contributed by atoms with Crippen LogP contribution in [0.5, 0.6) is 0 Å². The fourth-order valence-corrected chi connectivity index (χ4v) is 3.13. The van der Waals surface area contributed by atoms with Crippen LogP contribution in [-0.2, 0) is 9.47 Å². The number of ether oxygens (including phenoxy) is 2. The van der Waals surface area contributed by atoms with E-state index in [-0.39, 0.29) is 11.6 Å². The third-order valence-corrected chi connectivity index (χ3v) is 3.84. The van der Waals surface area contributed by atoms with Crippen LogP contribution in [0.2, 0.25) is 0 Å². The Bertz CT molecular complexity index is 269. The van der Waals surface area contributed by atoms with Crippen LogP contribution < -0.4 is 0 Å². The van der Waals surface area contributed by atoms with Gasteiger partial charge in [-0.25, -0.2) is 4.79 Å². The number of hydrogen-bond donors (Lipinski definition) is 0. The van der Waals surface area contributed by atoms with E-state index in [0.717, 1.165) is 32.2 Å². The first-order chi connectivity index (χ1) is 6.75. The smallest absolute Gasteiger partial charge is 0.409 e. The van der Waals surface area contributed by atoms with Crippen LogP contribution in [0.1, 0.15) is 25.7 Å². The summed E-state index contributed by atoms with van der Waals surface area (Å²) in [5, 5.41) is 0. The Kier molecular flexibility index (Phi) is 1.60. The highest BCUT2D eigenvalue weighted by molar-refractivity contribution is 5.69. The largest absolute Gasteiger partial charge is 0.453 e. The van der Waals surface area contributed by atoms with Crippen LogP contribution in [0.3, 0.4) is 0 Å². The summed E-state index contributed by atoms with van der Waals surface area (Å²) in [6.07, 6.45) is 4.97. The third-order valence-electron chi connectivity index (χ3n) is 3.84. The van der Waals surface area contributed by atoms with Crippen molar-refractivity contribution in [2.24, 2.45) is 0 Å². The predicted molar refractivity (Wildman–Crippen MR) is 49.0 cm³/mol. The fourth-order valence-electron chi connectivity index (χ4n) is 3.13. The van der Waals surface area contributed by atoms with Crippen molar-refractivity contribution in [2.75, 3.05) is 13.7 Å². The zero-order valence-corrected chi connectivity index (χ0v) is 8.36. The molecule has 0 aromatic heterocycles. The second-order valence-corrected chi connectivity index (χ2v) is 4.57. The van der Waals surface area contributed by atoms with Crippen molar-refractivity contribution < 1.29 is 14.3 Å². The molecule has 4 nitrogen and oxygen atoms in total. The van der Waals surface area contributed by atoms with Crippen LogP contribution in [0.15, 0.2) is 0 Å². The summed E-state index contributed by atoms with van der Waals surface area (Å²) < 4.78 is 10.2. The number of epoxide rings is 1. The number of amides is 1. The van der Waals surface area contributed by atoms with E-state index in [0.29, 0.717) is 12.2 Å². The van der Waals surface area contributed by atoms with Gasteiger partial charge in [0.15, 0.2) is 0 Å². The van der Waals surface area contributed by atoms with Crippen molar-refractivity contribution in [3.63, 3.8) is 0 Å². The summed E-state index contributed by atoms with van der Waals surface area (Å²) in [6.45, 7) is 0.853. The van der Waals surface area contributed by atoms with Gasteiger partial charge in [0.2, 0.25) is 0 Å². The summed E-state index contributed by atoms with van der Waals surface area (Å²) in [5.41, 5.74) is 0.0840. The number of nitrogens with zero attached hydrogens (tertiary/aromatic N) is 1. The number of hydrogen-bond acceptors (Lipinski definition) is 3. The molecule has 1 spiro atoms. The van der Waals surface area contributed by atoms with Crippen LogP contribution in [0.25, 0.3) is 0 Å². The van der Waals surface area contributed by atoms with E-state index in [2.05, 4.69) is 0 Å². The minimum Gasteiger partial charge on any atom is -0.453 e. The standard InChI is InChI=1S/C10H15NO3/c1-13-9(12)11-4-2-3-10(11)5-7-8(6-10)14-7/h7-8H,2-6H2,1H3/t7-,8+,10?. The van der Waals surface area contributed by atoms with Crippen molar-refractivity contribution in [3.05, 3.63) is 0 Å². The zero-order valence-electron chi connectivity index (χ0n) is 8.36. The Morgan fingerprint density at radius 2 is 2.21 bits per heavy atom. The lowest BCUT2D eigenvalue weighted by molar-refractivity contribution is 0.0689. The molecule has 0 bridgehead atoms. The molecule has 1 unspecified atom stereocenters. The molecule has 0 radical (unpaired) electrons. The summed E-state index contributed by atoms with van der Waals surface area (Å²) >= 11 is 0. The second kappa shape index (κ2) is 2.63. The van der Waals surface area contributed by atoms with Crippen molar-refractivity contribution in [3.8, 4) is 0 Å². The highest BCUT2D eigenvalue weighted by Gasteiger charge is 2.60. The first kappa shape index (κ1) is 8.53. The highest BCUT2D eigenvalue weighted by Crippen LogP contribution is 2.52. The lowest BCUT2D eigenvalue weighted by atomic mass is 9.93. The molecule has 0 aromatic rings. The van der Waals surface area contributed by atoms with Crippen LogP contribution in [-0.4, -0.2) is 42.4 Å². The lowest BCUT2D eigenvalue weighted by Crippen LogP contribution is -2.46. The zero-order chi connectivity index (χ0) is 9.76. The van der Waals surface area contributed by atoms with Gasteiger partial charge in [0, 0.05) is 6.54 Å². The Hall–Kier alpha value is -0.770. The maximum absolute atomic E-state index is 11.6. The van der Waals surface area contributed by atoms with Gasteiger partial charge >= 0.3 is 6.09 Å². The molecule has 78 valence electrons. The van der Waals surface area contributed by atoms with Crippen molar-refractivity contribution >= 4 is 6.09 Å². The Morgan fingerprint density at radius 1 is 1.50 bits per heavy atom. The summed E-state index contributed by atoms with van der Waals surface area (Å²) in [5.74, 6) is 0. The van der Waals surface area contributed by atoms with E-state index in [1.54, 1.807) is 0 Å². The van der Waals surface area contributed by atoms with Gasteiger partial charge in [0.05, 0.1) is 24.9 Å². The minimum atomic E-state index is -0.163. The topological polar surface area (TPSA) is 42.1 Å². The minimum absolute atomic E-state index is 0.0840. The van der Waals surface area contributed by atoms with Gasteiger partial charge in [-0.05, 0) is 25.7 Å². The van der Waals surface area contributed by atoms with Crippen LogP contribution in [0, 0.1) is 0 Å². The van der Waals surface area contributed by atoms with E-state index in [1.165, 1.54) is 7.11 Å². The van der Waals surface area contributed by atoms with Gasteiger partial charge in [0.25, 0.3) is 0 Å². The molecular formula is C10H15NO3. The number of likely N-dealkylation sites (tertiary alicyclic amines) is 1. The van der Waals surface area contributed by atoms with Gasteiger partial charge in [-0.1, -0.05) is 0 Å². The fraction of sp³-hybridized carbons (Fsp3) is 0.900. The SMILES string of the molecule is COC(=O)N1CCCC12C[C@@H]1O[C@@H]1C2. The molecule has 3 rings (SSSR count). The normalized spacial score (nSPS) is 44.2. The van der Waals surface area contributed by atoms with E-state index in [9.17, 15) is 4.79 Å². The molecule has 2 heterocycles. The third kappa shape index (κ3) is 1.00. The average Bonchev–Trinajstić information content (AvgIpc) is 2.62. The molecule has 3 atom stereocenters. The Labute approximate surface area is 83.2 Å². The van der Waals surface area contributed by atoms with E-state index in [1.807, 2.05) is 4.90 Å². The van der Waals surface area contributed by atoms with E-state index >= 15 is 0 Å². The van der Waals surface area contributed by atoms with Gasteiger partial charge in [-0.2, -0.15) is 0 Å². The number of methoxy groups -OCH3 is 1. The van der Waals surface area contributed by atoms with Crippen molar-refractivity contribution in [1.29, 1.82) is 0 Å². The summed E-state index contributed by atoms with van der Waals surface area (Å²) in [4.78, 5) is 13.5. The molecule has 0 N–H and O–H groups in total. The highest BCUT2D eigenvalue weighted by atomic mass is 16.6. The first-order valence-electron chi connectivity index (χ1n) is 5.26. The molecule has 4 heteroatoms. The number of rotatable bonds is 0. The van der Waals surface area contributed by atoms with Crippen molar-refractivity contribution in [1.82, 2.24) is 4.90 Å². The number of fused-ring (bicyclic) bond motifs is 1. The summed E-state index contributed by atoms with van der Waals surface area (Å²) in [6, 6.07) is 0. The monoisotopic (exact) mass is 197 g/mol. The second-order valence-electron chi connectivity index (χ2n) is 4.57. The van der Waals surface area contributed by atoms with E-state index < -0.39 is 0 Å². The molecule has 2 saturated heterocycles. The molecule has 3 aliphatic rings. The van der Waals surface area contributed by atoms with Gasteiger partial charge < -0.3 is 14.4 Å². The molecule has 14 heavy (non-hydrogen) atoms. The Balaban J connectivity index is 1.80. The van der Waals surface area contributed by atoms with Gasteiger partial charge in [0.1, 0.15) is 0 Å².